The van der Waals surface area contributed by atoms with E-state index in [1.54, 1.807) is 19.1 Å². The average molecular weight is 311 g/mol. The number of hydrogen-bond donors (Lipinski definition) is 1. The van der Waals surface area contributed by atoms with Crippen LogP contribution in [0.15, 0.2) is 35.2 Å². The van der Waals surface area contributed by atoms with E-state index in [1.165, 1.54) is 22.5 Å². The molecule has 0 unspecified atom stereocenters. The third-order valence-electron chi connectivity index (χ3n) is 3.03. The van der Waals surface area contributed by atoms with Gasteiger partial charge in [-0.05, 0) is 30.2 Å². The summed E-state index contributed by atoms with van der Waals surface area (Å²) in [4.78, 5) is 10.7. The Hall–Kier alpha value is -1.66. The Labute approximate surface area is 126 Å². The number of benzene rings is 1. The van der Waals surface area contributed by atoms with Gasteiger partial charge in [0, 0.05) is 19.2 Å². The van der Waals surface area contributed by atoms with Gasteiger partial charge in [0.2, 0.25) is 10.0 Å². The van der Waals surface area contributed by atoms with E-state index in [2.05, 4.69) is 0 Å². The van der Waals surface area contributed by atoms with E-state index in [0.717, 1.165) is 18.9 Å². The molecule has 0 fully saturated rings. The molecule has 116 valence electrons. The molecule has 0 radical (unpaired) electrons. The second-order valence-electron chi connectivity index (χ2n) is 4.59. The molecule has 5 nitrogen and oxygen atoms in total. The lowest BCUT2D eigenvalue weighted by Gasteiger charge is -2.20. The molecule has 0 atom stereocenters. The van der Waals surface area contributed by atoms with Crippen LogP contribution in [0.1, 0.15) is 32.3 Å². The number of aliphatic carboxylic acids is 1. The third kappa shape index (κ3) is 4.99. The summed E-state index contributed by atoms with van der Waals surface area (Å²) in [6.07, 6.45) is 4.10. The first-order valence-electron chi connectivity index (χ1n) is 6.93. The Morgan fingerprint density at radius 1 is 1.33 bits per heavy atom. The van der Waals surface area contributed by atoms with Crippen molar-refractivity contribution in [3.63, 3.8) is 0 Å². The summed E-state index contributed by atoms with van der Waals surface area (Å²) in [6, 6.07) is 6.30. The van der Waals surface area contributed by atoms with Gasteiger partial charge < -0.3 is 5.11 Å². The van der Waals surface area contributed by atoms with Gasteiger partial charge in [-0.3, -0.25) is 0 Å². The molecule has 6 heteroatoms. The fourth-order valence-electron chi connectivity index (χ4n) is 1.88. The summed E-state index contributed by atoms with van der Waals surface area (Å²) in [5.41, 5.74) is 0.546. The molecule has 0 aliphatic carbocycles. The number of nitrogens with zero attached hydrogens (tertiary/aromatic N) is 1. The molecular formula is C15H21NO4S. The van der Waals surface area contributed by atoms with Crippen LogP contribution in [0.3, 0.4) is 0 Å². The maximum absolute atomic E-state index is 12.5. The van der Waals surface area contributed by atoms with Gasteiger partial charge in [-0.2, -0.15) is 4.31 Å². The number of carboxylic acid groups (broad SMARTS) is 1. The summed E-state index contributed by atoms with van der Waals surface area (Å²) in [6.45, 7) is 4.72. The molecule has 1 rings (SSSR count). The third-order valence-corrected chi connectivity index (χ3v) is 5.00. The van der Waals surface area contributed by atoms with Crippen molar-refractivity contribution in [3.8, 4) is 0 Å². The van der Waals surface area contributed by atoms with Crippen LogP contribution in [0.5, 0.6) is 0 Å². The molecule has 0 aliphatic rings. The number of sulfonamides is 1. The van der Waals surface area contributed by atoms with Crippen LogP contribution in [-0.4, -0.2) is 36.9 Å². The predicted octanol–water partition coefficient (Wildman–Crippen LogP) is 2.60. The topological polar surface area (TPSA) is 74.7 Å². The van der Waals surface area contributed by atoms with E-state index in [4.69, 9.17) is 5.11 Å². The van der Waals surface area contributed by atoms with Crippen molar-refractivity contribution in [2.75, 3.05) is 13.1 Å². The lowest BCUT2D eigenvalue weighted by atomic mass is 10.2. The quantitative estimate of drug-likeness (QED) is 0.749. The molecule has 21 heavy (non-hydrogen) atoms. The molecule has 0 saturated carbocycles. The van der Waals surface area contributed by atoms with Crippen molar-refractivity contribution in [2.45, 2.75) is 31.6 Å². The Kier molecular flexibility index (Phi) is 6.58. The predicted molar refractivity (Wildman–Crippen MR) is 82.5 cm³/mol. The molecule has 1 N–H and O–H groups in total. The fourth-order valence-corrected chi connectivity index (χ4v) is 3.42. The zero-order chi connectivity index (χ0) is 15.9. The second kappa shape index (κ2) is 7.95. The van der Waals surface area contributed by atoms with Crippen LogP contribution in [-0.2, 0) is 14.8 Å². The van der Waals surface area contributed by atoms with Gasteiger partial charge in [0.15, 0.2) is 0 Å². The summed E-state index contributed by atoms with van der Waals surface area (Å²) in [5.74, 6) is -1.07. The van der Waals surface area contributed by atoms with Gasteiger partial charge in [-0.25, -0.2) is 13.2 Å². The second-order valence-corrected chi connectivity index (χ2v) is 6.53. The van der Waals surface area contributed by atoms with Crippen LogP contribution in [0.2, 0.25) is 0 Å². The van der Waals surface area contributed by atoms with Gasteiger partial charge in [0.25, 0.3) is 0 Å². The van der Waals surface area contributed by atoms with Crippen molar-refractivity contribution < 1.29 is 18.3 Å². The molecule has 0 saturated heterocycles. The highest BCUT2D eigenvalue weighted by atomic mass is 32.2. The largest absolute Gasteiger partial charge is 0.478 e. The maximum Gasteiger partial charge on any atom is 0.328 e. The van der Waals surface area contributed by atoms with E-state index in [9.17, 15) is 13.2 Å². The van der Waals surface area contributed by atoms with Crippen molar-refractivity contribution in [1.82, 2.24) is 4.31 Å². The summed E-state index contributed by atoms with van der Waals surface area (Å²) < 4.78 is 26.5. The monoisotopic (exact) mass is 311 g/mol. The summed E-state index contributed by atoms with van der Waals surface area (Å²) >= 11 is 0. The standard InChI is InChI=1S/C15H21NO4S/c1-3-5-11-16(4-2)21(19,20)14-8-6-7-13(12-14)9-10-15(17)18/h6-10,12H,3-5,11H2,1-2H3,(H,17,18). The first kappa shape index (κ1) is 17.4. The number of carboxylic acids is 1. The van der Waals surface area contributed by atoms with E-state index < -0.39 is 16.0 Å². The highest BCUT2D eigenvalue weighted by molar-refractivity contribution is 7.89. The SMILES string of the molecule is CCCCN(CC)S(=O)(=O)c1cccc(C=CC(=O)O)c1. The van der Waals surface area contributed by atoms with Crippen LogP contribution >= 0.6 is 0 Å². The molecule has 0 aliphatic heterocycles. The Balaban J connectivity index is 3.07. The average Bonchev–Trinajstić information content (AvgIpc) is 2.46. The molecule has 0 bridgehead atoms. The smallest absolute Gasteiger partial charge is 0.328 e. The Morgan fingerprint density at radius 2 is 2.05 bits per heavy atom. The number of carbonyl (C=O) groups is 1. The number of hydrogen-bond acceptors (Lipinski definition) is 3. The molecule has 0 heterocycles. The number of unbranched alkanes of at least 4 members (excludes halogenated alkanes) is 1. The lowest BCUT2D eigenvalue weighted by molar-refractivity contribution is -0.131. The van der Waals surface area contributed by atoms with Crippen molar-refractivity contribution in [3.05, 3.63) is 35.9 Å². The zero-order valence-corrected chi connectivity index (χ0v) is 13.1. The van der Waals surface area contributed by atoms with Crippen molar-refractivity contribution >= 4 is 22.1 Å². The van der Waals surface area contributed by atoms with Crippen LogP contribution in [0, 0.1) is 0 Å². The van der Waals surface area contributed by atoms with Gasteiger partial charge in [0.05, 0.1) is 4.90 Å². The molecule has 1 aromatic carbocycles. The first-order chi connectivity index (χ1) is 9.91. The van der Waals surface area contributed by atoms with Crippen LogP contribution in [0.4, 0.5) is 0 Å². The van der Waals surface area contributed by atoms with E-state index in [1.807, 2.05) is 6.92 Å². The lowest BCUT2D eigenvalue weighted by Crippen LogP contribution is -2.31. The highest BCUT2D eigenvalue weighted by Crippen LogP contribution is 2.18. The number of rotatable bonds is 8. The van der Waals surface area contributed by atoms with Crippen LogP contribution in [0.25, 0.3) is 6.08 Å². The minimum absolute atomic E-state index is 0.188. The summed E-state index contributed by atoms with van der Waals surface area (Å²) in [5, 5.41) is 8.61. The first-order valence-corrected chi connectivity index (χ1v) is 8.37. The normalized spacial score (nSPS) is 12.1. The molecule has 0 aromatic heterocycles. The van der Waals surface area contributed by atoms with Crippen LogP contribution < -0.4 is 0 Å². The Bertz CT molecular complexity index is 608. The van der Waals surface area contributed by atoms with E-state index >= 15 is 0 Å². The molecule has 0 spiro atoms. The molecule has 1 aromatic rings. The maximum atomic E-state index is 12.5. The van der Waals surface area contributed by atoms with Crippen molar-refractivity contribution in [2.24, 2.45) is 0 Å². The van der Waals surface area contributed by atoms with Crippen molar-refractivity contribution in [1.29, 1.82) is 0 Å². The zero-order valence-electron chi connectivity index (χ0n) is 12.3. The van der Waals surface area contributed by atoms with E-state index in [0.29, 0.717) is 18.7 Å². The van der Waals surface area contributed by atoms with Gasteiger partial charge in [-0.1, -0.05) is 32.4 Å². The summed E-state index contributed by atoms with van der Waals surface area (Å²) in [7, 11) is -3.53. The van der Waals surface area contributed by atoms with Gasteiger partial charge >= 0.3 is 5.97 Å². The molecular weight excluding hydrogens is 290 g/mol. The molecule has 0 amide bonds. The van der Waals surface area contributed by atoms with E-state index in [-0.39, 0.29) is 4.90 Å². The minimum atomic E-state index is -3.53. The minimum Gasteiger partial charge on any atom is -0.478 e. The van der Waals surface area contributed by atoms with Gasteiger partial charge in [-0.15, -0.1) is 0 Å². The highest BCUT2D eigenvalue weighted by Gasteiger charge is 2.22. The Morgan fingerprint density at radius 3 is 2.62 bits per heavy atom. The fraction of sp³-hybridized carbons (Fsp3) is 0.400. The van der Waals surface area contributed by atoms with Gasteiger partial charge in [0.1, 0.15) is 0 Å².